The van der Waals surface area contributed by atoms with Crippen LogP contribution in [-0.4, -0.2) is 10.8 Å². The molecule has 0 radical (unpaired) electrons. The molecule has 2 aromatic rings. The highest BCUT2D eigenvalue weighted by Gasteiger charge is 2.24. The molecular formula is C14H8BrFN2O. The number of rotatable bonds is 3. The summed E-state index contributed by atoms with van der Waals surface area (Å²) in [6, 6.07) is 9.03. The number of Topliss-reactive ketones (excluding diaryl/α,β-unsaturated/α-hetero) is 1. The lowest BCUT2D eigenvalue weighted by Crippen LogP contribution is -2.12. The fourth-order valence-electron chi connectivity index (χ4n) is 1.67. The molecule has 0 aliphatic heterocycles. The zero-order chi connectivity index (χ0) is 13.8. The van der Waals surface area contributed by atoms with E-state index in [1.165, 1.54) is 18.3 Å². The maximum absolute atomic E-state index is 13.2. The quantitative estimate of drug-likeness (QED) is 0.814. The van der Waals surface area contributed by atoms with Crippen molar-refractivity contribution in [2.24, 2.45) is 0 Å². The zero-order valence-corrected chi connectivity index (χ0v) is 11.3. The van der Waals surface area contributed by atoms with Crippen molar-refractivity contribution in [3.63, 3.8) is 0 Å². The van der Waals surface area contributed by atoms with Crippen LogP contribution in [0.15, 0.2) is 47.2 Å². The standard InChI is InChI=1S/C14H8BrFN2O/c15-13-4-3-10(16)6-11(13)14(19)12(7-17)9-2-1-5-18-8-9/h1-6,8,12H. The van der Waals surface area contributed by atoms with Gasteiger partial charge in [0.1, 0.15) is 11.7 Å². The first kappa shape index (κ1) is 13.4. The van der Waals surface area contributed by atoms with Gasteiger partial charge < -0.3 is 0 Å². The number of hydrogen-bond acceptors (Lipinski definition) is 3. The SMILES string of the molecule is N#CC(C(=O)c1cc(F)ccc1Br)c1cccnc1. The Bertz CT molecular complexity index is 652. The summed E-state index contributed by atoms with van der Waals surface area (Å²) >= 11 is 3.19. The average Bonchev–Trinajstić information content (AvgIpc) is 2.43. The molecule has 0 fully saturated rings. The first-order valence-electron chi connectivity index (χ1n) is 5.42. The van der Waals surface area contributed by atoms with E-state index in [1.807, 2.05) is 6.07 Å². The van der Waals surface area contributed by atoms with Crippen LogP contribution in [0.3, 0.4) is 0 Å². The van der Waals surface area contributed by atoms with Gasteiger partial charge in [0.25, 0.3) is 0 Å². The highest BCUT2D eigenvalue weighted by atomic mass is 79.9. The van der Waals surface area contributed by atoms with Crippen molar-refractivity contribution in [1.82, 2.24) is 4.98 Å². The number of nitrogens with zero attached hydrogens (tertiary/aromatic N) is 2. The van der Waals surface area contributed by atoms with Gasteiger partial charge in [-0.05, 0) is 29.8 Å². The third kappa shape index (κ3) is 2.85. The van der Waals surface area contributed by atoms with Crippen molar-refractivity contribution < 1.29 is 9.18 Å². The molecule has 0 spiro atoms. The molecule has 1 atom stereocenters. The van der Waals surface area contributed by atoms with E-state index < -0.39 is 17.5 Å². The molecule has 0 saturated heterocycles. The molecule has 0 bridgehead atoms. The summed E-state index contributed by atoms with van der Waals surface area (Å²) in [6.07, 6.45) is 3.01. The highest BCUT2D eigenvalue weighted by molar-refractivity contribution is 9.10. The molecule has 2 rings (SSSR count). The van der Waals surface area contributed by atoms with Crippen molar-refractivity contribution in [1.29, 1.82) is 5.26 Å². The predicted molar refractivity (Wildman–Crippen MR) is 71.0 cm³/mol. The molecule has 1 unspecified atom stereocenters. The summed E-state index contributed by atoms with van der Waals surface area (Å²) in [6.45, 7) is 0. The van der Waals surface area contributed by atoms with E-state index >= 15 is 0 Å². The maximum Gasteiger partial charge on any atom is 0.185 e. The van der Waals surface area contributed by atoms with Gasteiger partial charge in [0.2, 0.25) is 0 Å². The van der Waals surface area contributed by atoms with Crippen LogP contribution in [-0.2, 0) is 0 Å². The second kappa shape index (κ2) is 5.72. The smallest absolute Gasteiger partial charge is 0.185 e. The van der Waals surface area contributed by atoms with E-state index in [0.717, 1.165) is 6.07 Å². The molecule has 94 valence electrons. The Labute approximate surface area is 117 Å². The summed E-state index contributed by atoms with van der Waals surface area (Å²) in [5.41, 5.74) is 0.640. The summed E-state index contributed by atoms with van der Waals surface area (Å²) in [7, 11) is 0. The van der Waals surface area contributed by atoms with E-state index in [1.54, 1.807) is 18.3 Å². The number of halogens is 2. The molecule has 5 heteroatoms. The molecule has 0 aliphatic rings. The Morgan fingerprint density at radius 1 is 1.42 bits per heavy atom. The Balaban J connectivity index is 2.43. The maximum atomic E-state index is 13.2. The van der Waals surface area contributed by atoms with Gasteiger partial charge in [-0.1, -0.05) is 22.0 Å². The Morgan fingerprint density at radius 3 is 2.84 bits per heavy atom. The molecule has 19 heavy (non-hydrogen) atoms. The molecular weight excluding hydrogens is 311 g/mol. The number of aromatic nitrogens is 1. The number of carbonyl (C=O) groups is 1. The average molecular weight is 319 g/mol. The van der Waals surface area contributed by atoms with Gasteiger partial charge in [0, 0.05) is 22.4 Å². The van der Waals surface area contributed by atoms with Crippen LogP contribution in [0.2, 0.25) is 0 Å². The predicted octanol–water partition coefficient (Wildman–Crippen LogP) is 3.47. The Morgan fingerprint density at radius 2 is 2.21 bits per heavy atom. The van der Waals surface area contributed by atoms with Crippen LogP contribution in [0.4, 0.5) is 4.39 Å². The van der Waals surface area contributed by atoms with Gasteiger partial charge in [-0.3, -0.25) is 9.78 Å². The molecule has 0 aliphatic carbocycles. The number of hydrogen-bond donors (Lipinski definition) is 0. The lowest BCUT2D eigenvalue weighted by Gasteiger charge is -2.09. The molecule has 3 nitrogen and oxygen atoms in total. The molecule has 0 N–H and O–H groups in total. The number of benzene rings is 1. The monoisotopic (exact) mass is 318 g/mol. The van der Waals surface area contributed by atoms with E-state index in [-0.39, 0.29) is 5.56 Å². The van der Waals surface area contributed by atoms with Gasteiger partial charge in [-0.2, -0.15) is 5.26 Å². The summed E-state index contributed by atoms with van der Waals surface area (Å²) in [5, 5.41) is 9.16. The lowest BCUT2D eigenvalue weighted by molar-refractivity contribution is 0.0977. The topological polar surface area (TPSA) is 53.8 Å². The van der Waals surface area contributed by atoms with Crippen molar-refractivity contribution >= 4 is 21.7 Å². The van der Waals surface area contributed by atoms with Crippen LogP contribution in [0.1, 0.15) is 21.8 Å². The Kier molecular flexibility index (Phi) is 4.03. The summed E-state index contributed by atoms with van der Waals surface area (Å²) in [5.74, 6) is -1.97. The molecule has 0 amide bonds. The van der Waals surface area contributed by atoms with Crippen LogP contribution < -0.4 is 0 Å². The first-order valence-corrected chi connectivity index (χ1v) is 6.21. The number of carbonyl (C=O) groups excluding carboxylic acids is 1. The van der Waals surface area contributed by atoms with Crippen LogP contribution in [0.5, 0.6) is 0 Å². The molecule has 1 heterocycles. The van der Waals surface area contributed by atoms with Crippen molar-refractivity contribution in [3.8, 4) is 6.07 Å². The molecule has 1 aromatic carbocycles. The van der Waals surface area contributed by atoms with Crippen LogP contribution >= 0.6 is 15.9 Å². The van der Waals surface area contributed by atoms with Crippen molar-refractivity contribution in [2.45, 2.75) is 5.92 Å². The Hall–Kier alpha value is -2.06. The number of ketones is 1. The number of nitriles is 1. The van der Waals surface area contributed by atoms with Gasteiger partial charge in [-0.25, -0.2) is 4.39 Å². The fourth-order valence-corrected chi connectivity index (χ4v) is 2.12. The van der Waals surface area contributed by atoms with Crippen LogP contribution in [0, 0.1) is 17.1 Å². The van der Waals surface area contributed by atoms with Gasteiger partial charge in [-0.15, -0.1) is 0 Å². The summed E-state index contributed by atoms with van der Waals surface area (Å²) in [4.78, 5) is 16.2. The van der Waals surface area contributed by atoms with Crippen LogP contribution in [0.25, 0.3) is 0 Å². The van der Waals surface area contributed by atoms with E-state index in [9.17, 15) is 9.18 Å². The fraction of sp³-hybridized carbons (Fsp3) is 0.0714. The second-order valence-corrected chi connectivity index (χ2v) is 4.69. The molecule has 0 saturated carbocycles. The van der Waals surface area contributed by atoms with E-state index in [0.29, 0.717) is 10.0 Å². The second-order valence-electron chi connectivity index (χ2n) is 3.84. The van der Waals surface area contributed by atoms with Crippen molar-refractivity contribution in [3.05, 3.63) is 64.1 Å². The minimum Gasteiger partial charge on any atom is -0.292 e. The normalized spacial score (nSPS) is 11.6. The van der Waals surface area contributed by atoms with E-state index in [4.69, 9.17) is 5.26 Å². The summed E-state index contributed by atoms with van der Waals surface area (Å²) < 4.78 is 13.7. The third-order valence-electron chi connectivity index (χ3n) is 2.60. The first-order chi connectivity index (χ1) is 9.13. The lowest BCUT2D eigenvalue weighted by atomic mass is 9.93. The largest absolute Gasteiger partial charge is 0.292 e. The van der Waals surface area contributed by atoms with E-state index in [2.05, 4.69) is 20.9 Å². The zero-order valence-electron chi connectivity index (χ0n) is 9.68. The number of pyridine rings is 1. The third-order valence-corrected chi connectivity index (χ3v) is 3.29. The van der Waals surface area contributed by atoms with Gasteiger partial charge >= 0.3 is 0 Å². The molecule has 1 aromatic heterocycles. The minimum atomic E-state index is -0.994. The van der Waals surface area contributed by atoms with Gasteiger partial charge in [0.15, 0.2) is 5.78 Å². The minimum absolute atomic E-state index is 0.149. The van der Waals surface area contributed by atoms with Gasteiger partial charge in [0.05, 0.1) is 6.07 Å². The highest BCUT2D eigenvalue weighted by Crippen LogP contribution is 2.25. The van der Waals surface area contributed by atoms with Crippen molar-refractivity contribution in [2.75, 3.05) is 0 Å².